The Balaban J connectivity index is 1.91. The molecule has 3 rings (SSSR count). The predicted molar refractivity (Wildman–Crippen MR) is 87.6 cm³/mol. The molecule has 1 fully saturated rings. The fourth-order valence-corrected chi connectivity index (χ4v) is 3.35. The van der Waals surface area contributed by atoms with Crippen LogP contribution in [0.15, 0.2) is 18.3 Å². The van der Waals surface area contributed by atoms with Crippen molar-refractivity contribution < 1.29 is 9.90 Å². The van der Waals surface area contributed by atoms with E-state index in [-0.39, 0.29) is 0 Å². The first-order valence-electron chi connectivity index (χ1n) is 7.81. The highest BCUT2D eigenvalue weighted by molar-refractivity contribution is 6.03. The molecule has 118 valence electrons. The van der Waals surface area contributed by atoms with E-state index in [1.807, 2.05) is 18.5 Å². The van der Waals surface area contributed by atoms with Crippen LogP contribution in [0.1, 0.15) is 21.5 Å². The molecule has 0 saturated carbocycles. The monoisotopic (exact) mass is 301 g/mol. The van der Waals surface area contributed by atoms with Crippen molar-refractivity contribution in [3.63, 3.8) is 0 Å². The first kappa shape index (κ1) is 15.1. The molecule has 1 saturated heterocycles. The maximum absolute atomic E-state index is 11.5. The number of aromatic carboxylic acids is 1. The number of nitrogens with zero attached hydrogens (tertiary/aromatic N) is 2. The Labute approximate surface area is 130 Å². The molecule has 0 radical (unpaired) electrons. The van der Waals surface area contributed by atoms with Crippen LogP contribution in [0.25, 0.3) is 10.9 Å². The third kappa shape index (κ3) is 2.87. The Bertz CT molecular complexity index is 699. The van der Waals surface area contributed by atoms with Crippen molar-refractivity contribution in [3.05, 3.63) is 35.0 Å². The van der Waals surface area contributed by atoms with Gasteiger partial charge in [-0.2, -0.15) is 0 Å². The van der Waals surface area contributed by atoms with Gasteiger partial charge in [-0.05, 0) is 36.6 Å². The van der Waals surface area contributed by atoms with E-state index in [0.717, 1.165) is 55.6 Å². The van der Waals surface area contributed by atoms with Gasteiger partial charge in [0.1, 0.15) is 0 Å². The smallest absolute Gasteiger partial charge is 0.337 e. The van der Waals surface area contributed by atoms with Crippen molar-refractivity contribution in [1.82, 2.24) is 14.8 Å². The minimum Gasteiger partial charge on any atom is -0.478 e. The van der Waals surface area contributed by atoms with E-state index in [9.17, 15) is 9.90 Å². The minimum absolute atomic E-state index is 0.394. The summed E-state index contributed by atoms with van der Waals surface area (Å²) in [5.74, 6) is -0.858. The SMILES string of the molecule is Cc1cc(C(=O)O)c2c(c1)c(CCN1CCNCC1)cn2C. The summed E-state index contributed by atoms with van der Waals surface area (Å²) in [6, 6.07) is 3.86. The van der Waals surface area contributed by atoms with Crippen LogP contribution in [-0.4, -0.2) is 53.3 Å². The van der Waals surface area contributed by atoms with E-state index in [0.29, 0.717) is 5.56 Å². The van der Waals surface area contributed by atoms with Crippen molar-refractivity contribution >= 4 is 16.9 Å². The molecule has 1 aromatic carbocycles. The molecular weight excluding hydrogens is 278 g/mol. The number of aryl methyl sites for hydroxylation is 2. The second kappa shape index (κ2) is 6.10. The van der Waals surface area contributed by atoms with Crippen LogP contribution in [-0.2, 0) is 13.5 Å². The predicted octanol–water partition coefficient (Wildman–Crippen LogP) is 1.63. The van der Waals surface area contributed by atoms with Gasteiger partial charge < -0.3 is 19.9 Å². The molecule has 0 bridgehead atoms. The summed E-state index contributed by atoms with van der Waals surface area (Å²) >= 11 is 0. The van der Waals surface area contributed by atoms with Gasteiger partial charge in [0.2, 0.25) is 0 Å². The number of carboxylic acid groups (broad SMARTS) is 1. The van der Waals surface area contributed by atoms with Gasteiger partial charge in [-0.3, -0.25) is 0 Å². The number of fused-ring (bicyclic) bond motifs is 1. The van der Waals surface area contributed by atoms with Gasteiger partial charge in [-0.25, -0.2) is 4.79 Å². The van der Waals surface area contributed by atoms with Crippen molar-refractivity contribution in [2.24, 2.45) is 7.05 Å². The fourth-order valence-electron chi connectivity index (χ4n) is 3.35. The average Bonchev–Trinajstić information content (AvgIpc) is 2.81. The Morgan fingerprint density at radius 2 is 2.05 bits per heavy atom. The molecule has 2 N–H and O–H groups in total. The first-order valence-corrected chi connectivity index (χ1v) is 7.81. The molecule has 0 amide bonds. The number of benzene rings is 1. The van der Waals surface area contributed by atoms with E-state index >= 15 is 0 Å². The van der Waals surface area contributed by atoms with Crippen molar-refractivity contribution in [1.29, 1.82) is 0 Å². The number of rotatable bonds is 4. The lowest BCUT2D eigenvalue weighted by Gasteiger charge is -2.26. The standard InChI is InChI=1S/C17H23N3O2/c1-12-9-14-13(3-6-20-7-4-18-5-8-20)11-19(2)16(14)15(10-12)17(21)22/h9-11,18H,3-8H2,1-2H3,(H,21,22). The maximum atomic E-state index is 11.5. The molecular formula is C17H23N3O2. The van der Waals surface area contributed by atoms with Crippen LogP contribution in [0.3, 0.4) is 0 Å². The lowest BCUT2D eigenvalue weighted by Crippen LogP contribution is -2.44. The summed E-state index contributed by atoms with van der Waals surface area (Å²) in [5, 5.41) is 13.9. The summed E-state index contributed by atoms with van der Waals surface area (Å²) < 4.78 is 1.95. The van der Waals surface area contributed by atoms with E-state index in [1.165, 1.54) is 5.56 Å². The number of carboxylic acids is 1. The highest BCUT2D eigenvalue weighted by atomic mass is 16.4. The van der Waals surface area contributed by atoms with Gasteiger partial charge >= 0.3 is 5.97 Å². The molecule has 5 nitrogen and oxygen atoms in total. The fraction of sp³-hybridized carbons (Fsp3) is 0.471. The topological polar surface area (TPSA) is 57.5 Å². The van der Waals surface area contributed by atoms with Crippen molar-refractivity contribution in [3.8, 4) is 0 Å². The second-order valence-electron chi connectivity index (χ2n) is 6.12. The van der Waals surface area contributed by atoms with Crippen LogP contribution in [0.2, 0.25) is 0 Å². The molecule has 0 spiro atoms. The van der Waals surface area contributed by atoms with E-state index < -0.39 is 5.97 Å². The second-order valence-corrected chi connectivity index (χ2v) is 6.12. The normalized spacial score (nSPS) is 16.3. The Morgan fingerprint density at radius 1 is 1.32 bits per heavy atom. The Hall–Kier alpha value is -1.85. The average molecular weight is 301 g/mol. The van der Waals surface area contributed by atoms with Gasteiger partial charge in [-0.15, -0.1) is 0 Å². The molecule has 1 aliphatic rings. The summed E-state index contributed by atoms with van der Waals surface area (Å²) in [4.78, 5) is 14.0. The van der Waals surface area contributed by atoms with Gasteiger partial charge in [0.15, 0.2) is 0 Å². The molecule has 2 heterocycles. The zero-order chi connectivity index (χ0) is 15.7. The molecule has 1 aliphatic heterocycles. The lowest BCUT2D eigenvalue weighted by atomic mass is 10.0. The minimum atomic E-state index is -0.858. The number of hydrogen-bond acceptors (Lipinski definition) is 3. The van der Waals surface area contributed by atoms with E-state index in [2.05, 4.69) is 22.5 Å². The molecule has 5 heteroatoms. The zero-order valence-electron chi connectivity index (χ0n) is 13.2. The third-order valence-electron chi connectivity index (χ3n) is 4.44. The Kier molecular flexibility index (Phi) is 4.18. The van der Waals surface area contributed by atoms with Gasteiger partial charge in [-0.1, -0.05) is 0 Å². The highest BCUT2D eigenvalue weighted by Crippen LogP contribution is 2.26. The molecule has 2 aromatic rings. The van der Waals surface area contributed by atoms with Crippen molar-refractivity contribution in [2.75, 3.05) is 32.7 Å². The third-order valence-corrected chi connectivity index (χ3v) is 4.44. The molecule has 22 heavy (non-hydrogen) atoms. The van der Waals surface area contributed by atoms with Crippen LogP contribution < -0.4 is 5.32 Å². The molecule has 0 atom stereocenters. The van der Waals surface area contributed by atoms with Crippen LogP contribution in [0, 0.1) is 6.92 Å². The van der Waals surface area contributed by atoms with E-state index in [1.54, 1.807) is 6.07 Å². The summed E-state index contributed by atoms with van der Waals surface area (Å²) in [6.07, 6.45) is 3.04. The van der Waals surface area contributed by atoms with Crippen LogP contribution in [0.5, 0.6) is 0 Å². The summed E-state index contributed by atoms with van der Waals surface area (Å²) in [5.41, 5.74) is 3.46. The van der Waals surface area contributed by atoms with Gasteiger partial charge in [0.05, 0.1) is 11.1 Å². The molecule has 0 unspecified atom stereocenters. The first-order chi connectivity index (χ1) is 10.6. The van der Waals surface area contributed by atoms with E-state index in [4.69, 9.17) is 0 Å². The largest absolute Gasteiger partial charge is 0.478 e. The van der Waals surface area contributed by atoms with Crippen LogP contribution in [0.4, 0.5) is 0 Å². The number of carbonyl (C=O) groups is 1. The zero-order valence-corrected chi connectivity index (χ0v) is 13.2. The highest BCUT2D eigenvalue weighted by Gasteiger charge is 2.17. The molecule has 1 aromatic heterocycles. The maximum Gasteiger partial charge on any atom is 0.337 e. The van der Waals surface area contributed by atoms with Crippen molar-refractivity contribution in [2.45, 2.75) is 13.3 Å². The number of aromatic nitrogens is 1. The Morgan fingerprint density at radius 3 is 2.73 bits per heavy atom. The van der Waals surface area contributed by atoms with Gasteiger partial charge in [0, 0.05) is 51.4 Å². The summed E-state index contributed by atoms with van der Waals surface area (Å²) in [7, 11) is 1.93. The van der Waals surface area contributed by atoms with Gasteiger partial charge in [0.25, 0.3) is 0 Å². The number of hydrogen-bond donors (Lipinski definition) is 2. The molecule has 0 aliphatic carbocycles. The quantitative estimate of drug-likeness (QED) is 0.901. The van der Waals surface area contributed by atoms with Crippen LogP contribution >= 0.6 is 0 Å². The number of piperazine rings is 1. The lowest BCUT2D eigenvalue weighted by molar-refractivity contribution is 0.0698. The summed E-state index contributed by atoms with van der Waals surface area (Å²) in [6.45, 7) is 7.26. The number of nitrogens with one attached hydrogen (secondary N) is 1.